The largest absolute Gasteiger partial charge is 0.489 e. The predicted octanol–water partition coefficient (Wildman–Crippen LogP) is -1.07. The summed E-state index contributed by atoms with van der Waals surface area (Å²) in [7, 11) is -2.67. The molecule has 0 aliphatic rings. The third-order valence-corrected chi connectivity index (χ3v) is 4.09. The summed E-state index contributed by atoms with van der Waals surface area (Å²) >= 11 is 0. The number of hydrogen-bond donors (Lipinski definition) is 2. The molecule has 88 valence electrons. The van der Waals surface area contributed by atoms with Crippen LogP contribution in [0.5, 0.6) is 0 Å². The average Bonchev–Trinajstić information content (AvgIpc) is 2.16. The van der Waals surface area contributed by atoms with Crippen LogP contribution in [0.1, 0.15) is 5.56 Å². The van der Waals surface area contributed by atoms with E-state index in [0.29, 0.717) is 0 Å². The second-order valence-corrected chi connectivity index (χ2v) is 5.82. The van der Waals surface area contributed by atoms with Crippen LogP contribution in [0.15, 0.2) is 23.1 Å². The van der Waals surface area contributed by atoms with Crippen molar-refractivity contribution in [2.75, 3.05) is 14.1 Å². The molecule has 5 nitrogen and oxygen atoms in total. The lowest BCUT2D eigenvalue weighted by molar-refractivity contribution is 0.424. The van der Waals surface area contributed by atoms with E-state index in [9.17, 15) is 8.42 Å². The summed E-state index contributed by atoms with van der Waals surface area (Å²) in [5.74, 6) is 0. The van der Waals surface area contributed by atoms with E-state index in [2.05, 4.69) is 0 Å². The topological polar surface area (TPSA) is 77.8 Å². The fourth-order valence-electron chi connectivity index (χ4n) is 1.30. The van der Waals surface area contributed by atoms with Crippen LogP contribution in [0.4, 0.5) is 0 Å². The number of rotatable bonds is 3. The van der Waals surface area contributed by atoms with Gasteiger partial charge in [0.1, 0.15) is 0 Å². The maximum absolute atomic E-state index is 11.9. The van der Waals surface area contributed by atoms with Gasteiger partial charge in [-0.2, -0.15) is 0 Å². The molecule has 0 saturated carbocycles. The Labute approximate surface area is 95.5 Å². The Bertz CT molecular complexity index is 484. The van der Waals surface area contributed by atoms with E-state index in [4.69, 9.17) is 10.0 Å². The van der Waals surface area contributed by atoms with Gasteiger partial charge < -0.3 is 10.0 Å². The number of benzene rings is 1. The van der Waals surface area contributed by atoms with Gasteiger partial charge in [-0.15, -0.1) is 0 Å². The Hall–Kier alpha value is -0.885. The van der Waals surface area contributed by atoms with Crippen molar-refractivity contribution in [2.24, 2.45) is 0 Å². The maximum Gasteiger partial charge on any atom is 0.489 e. The molecule has 0 amide bonds. The standard InChI is InChI=1S/C9H14BNO4S/c1-7-4-5-9(8(6-7)10(12)13)16(14,15)11(2)3/h4-6,12-13H,1-3H3. The Morgan fingerprint density at radius 2 is 1.81 bits per heavy atom. The van der Waals surface area contributed by atoms with Crippen LogP contribution in [-0.2, 0) is 10.0 Å². The monoisotopic (exact) mass is 243 g/mol. The molecule has 1 aromatic rings. The Balaban J connectivity index is 3.46. The van der Waals surface area contributed by atoms with Crippen LogP contribution in [-0.4, -0.2) is 44.0 Å². The first kappa shape index (κ1) is 13.2. The second kappa shape index (κ2) is 4.54. The highest BCUT2D eigenvalue weighted by atomic mass is 32.2. The minimum absolute atomic E-state index is 0.00583. The molecule has 0 bridgehead atoms. The summed E-state index contributed by atoms with van der Waals surface area (Å²) in [5, 5.41) is 18.3. The lowest BCUT2D eigenvalue weighted by atomic mass is 9.79. The molecule has 0 unspecified atom stereocenters. The smallest absolute Gasteiger partial charge is 0.423 e. The minimum Gasteiger partial charge on any atom is -0.423 e. The van der Waals surface area contributed by atoms with E-state index in [-0.39, 0.29) is 10.4 Å². The number of sulfonamides is 1. The third kappa shape index (κ3) is 2.44. The van der Waals surface area contributed by atoms with Gasteiger partial charge in [-0.1, -0.05) is 17.7 Å². The Morgan fingerprint density at radius 3 is 2.25 bits per heavy atom. The highest BCUT2D eigenvalue weighted by Crippen LogP contribution is 2.12. The first-order valence-corrected chi connectivity index (χ1v) is 6.10. The van der Waals surface area contributed by atoms with E-state index in [1.54, 1.807) is 13.0 Å². The van der Waals surface area contributed by atoms with Crippen molar-refractivity contribution in [3.63, 3.8) is 0 Å². The molecular formula is C9H14BNO4S. The van der Waals surface area contributed by atoms with Crippen molar-refractivity contribution < 1.29 is 18.5 Å². The first-order valence-electron chi connectivity index (χ1n) is 4.66. The predicted molar refractivity (Wildman–Crippen MR) is 61.9 cm³/mol. The van der Waals surface area contributed by atoms with Crippen LogP contribution in [0.2, 0.25) is 0 Å². The van der Waals surface area contributed by atoms with Crippen molar-refractivity contribution in [1.29, 1.82) is 0 Å². The van der Waals surface area contributed by atoms with Crippen molar-refractivity contribution in [3.8, 4) is 0 Å². The third-order valence-electron chi connectivity index (χ3n) is 2.20. The molecule has 7 heteroatoms. The SMILES string of the molecule is Cc1ccc(S(=O)(=O)N(C)C)c(B(O)O)c1. The summed E-state index contributed by atoms with van der Waals surface area (Å²) in [6, 6.07) is 4.43. The summed E-state index contributed by atoms with van der Waals surface area (Å²) < 4.78 is 24.8. The lowest BCUT2D eigenvalue weighted by Crippen LogP contribution is -2.37. The molecule has 1 aromatic carbocycles. The van der Waals surface area contributed by atoms with Gasteiger partial charge >= 0.3 is 7.12 Å². The van der Waals surface area contributed by atoms with Gasteiger partial charge in [0.2, 0.25) is 10.0 Å². The molecule has 2 N–H and O–H groups in total. The lowest BCUT2D eigenvalue weighted by Gasteiger charge is -2.15. The second-order valence-electron chi connectivity index (χ2n) is 3.70. The molecule has 0 atom stereocenters. The van der Waals surface area contributed by atoms with Crippen molar-refractivity contribution in [1.82, 2.24) is 4.31 Å². The first-order chi connectivity index (χ1) is 7.26. The molecule has 1 rings (SSSR count). The molecule has 0 aromatic heterocycles. The van der Waals surface area contributed by atoms with E-state index in [1.165, 1.54) is 26.2 Å². The van der Waals surface area contributed by atoms with Crippen LogP contribution >= 0.6 is 0 Å². The van der Waals surface area contributed by atoms with Crippen LogP contribution < -0.4 is 5.46 Å². The Kier molecular flexibility index (Phi) is 3.74. The molecule has 0 saturated heterocycles. The number of nitrogens with zero attached hydrogens (tertiary/aromatic N) is 1. The summed E-state index contributed by atoms with van der Waals surface area (Å²) in [4.78, 5) is -0.0851. The van der Waals surface area contributed by atoms with Crippen molar-refractivity contribution in [3.05, 3.63) is 23.8 Å². The van der Waals surface area contributed by atoms with Crippen LogP contribution in [0, 0.1) is 6.92 Å². The van der Waals surface area contributed by atoms with Gasteiger partial charge in [-0.25, -0.2) is 12.7 Å². The molecule has 0 spiro atoms. The van der Waals surface area contributed by atoms with Gasteiger partial charge in [0.15, 0.2) is 0 Å². The zero-order chi connectivity index (χ0) is 12.5. The molecule has 0 aliphatic carbocycles. The van der Waals surface area contributed by atoms with Crippen LogP contribution in [0.3, 0.4) is 0 Å². The maximum atomic E-state index is 11.9. The molecular weight excluding hydrogens is 229 g/mol. The highest BCUT2D eigenvalue weighted by molar-refractivity contribution is 7.89. The van der Waals surface area contributed by atoms with E-state index in [0.717, 1.165) is 9.87 Å². The van der Waals surface area contributed by atoms with E-state index in [1.807, 2.05) is 0 Å². The summed E-state index contributed by atoms with van der Waals surface area (Å²) in [5.41, 5.74) is 0.759. The van der Waals surface area contributed by atoms with Gasteiger partial charge in [-0.3, -0.25) is 0 Å². The summed E-state index contributed by atoms with van der Waals surface area (Å²) in [6.07, 6.45) is 0. The average molecular weight is 243 g/mol. The minimum atomic E-state index is -3.66. The summed E-state index contributed by atoms with van der Waals surface area (Å²) in [6.45, 7) is 1.75. The van der Waals surface area contributed by atoms with Gasteiger partial charge in [-0.05, 0) is 13.0 Å². The zero-order valence-electron chi connectivity index (χ0n) is 9.38. The fourth-order valence-corrected chi connectivity index (χ4v) is 2.40. The molecule has 16 heavy (non-hydrogen) atoms. The van der Waals surface area contributed by atoms with Gasteiger partial charge in [0.25, 0.3) is 0 Å². The molecule has 0 radical (unpaired) electrons. The van der Waals surface area contributed by atoms with Crippen molar-refractivity contribution in [2.45, 2.75) is 11.8 Å². The molecule has 0 aliphatic heterocycles. The Morgan fingerprint density at radius 1 is 1.25 bits per heavy atom. The van der Waals surface area contributed by atoms with Gasteiger partial charge in [0.05, 0.1) is 4.90 Å². The van der Waals surface area contributed by atoms with E-state index >= 15 is 0 Å². The van der Waals surface area contributed by atoms with Crippen LogP contribution in [0.25, 0.3) is 0 Å². The zero-order valence-corrected chi connectivity index (χ0v) is 10.2. The van der Waals surface area contributed by atoms with E-state index < -0.39 is 17.1 Å². The fraction of sp³-hybridized carbons (Fsp3) is 0.333. The normalized spacial score (nSPS) is 11.9. The number of hydrogen-bond acceptors (Lipinski definition) is 4. The molecule has 0 fully saturated rings. The molecule has 0 heterocycles. The number of aryl methyl sites for hydroxylation is 1. The van der Waals surface area contributed by atoms with Crippen molar-refractivity contribution >= 4 is 22.6 Å². The highest BCUT2D eigenvalue weighted by Gasteiger charge is 2.26. The van der Waals surface area contributed by atoms with Gasteiger partial charge in [0, 0.05) is 19.6 Å². The quantitative estimate of drug-likeness (QED) is 0.662.